The summed E-state index contributed by atoms with van der Waals surface area (Å²) in [6, 6.07) is 25.7. The second kappa shape index (κ2) is 12.2. The van der Waals surface area contributed by atoms with Crippen molar-refractivity contribution in [2.75, 3.05) is 26.6 Å². The zero-order valence-corrected chi connectivity index (χ0v) is 19.7. The van der Waals surface area contributed by atoms with Crippen LogP contribution in [0.1, 0.15) is 29.5 Å². The summed E-state index contributed by atoms with van der Waals surface area (Å²) in [7, 11) is 3.28. The number of ether oxygens (including phenoxy) is 3. The topological polar surface area (TPSA) is 61.8 Å². The first kappa shape index (κ1) is 24.6. The van der Waals surface area contributed by atoms with E-state index in [9.17, 15) is 9.59 Å². The summed E-state index contributed by atoms with van der Waals surface area (Å²) in [4.78, 5) is 22.5. The maximum Gasteiger partial charge on any atom is 0.189 e. The Bertz CT molecular complexity index is 969. The van der Waals surface area contributed by atoms with E-state index < -0.39 is 5.60 Å². The molecule has 0 radical (unpaired) electrons. The lowest BCUT2D eigenvalue weighted by atomic mass is 9.80. The Kier molecular flexibility index (Phi) is 9.10. The molecule has 6 heteroatoms. The lowest BCUT2D eigenvalue weighted by Crippen LogP contribution is -2.33. The molecule has 0 spiro atoms. The second-order valence-electron chi connectivity index (χ2n) is 7.31. The molecular formula is C27H28O5S. The van der Waals surface area contributed by atoms with Gasteiger partial charge in [0.05, 0.1) is 20.0 Å². The van der Waals surface area contributed by atoms with Crippen molar-refractivity contribution in [1.29, 1.82) is 0 Å². The Balaban J connectivity index is 2.01. The molecule has 0 saturated heterocycles. The molecule has 3 rings (SSSR count). The molecule has 0 heterocycles. The molecule has 0 aliphatic carbocycles. The van der Waals surface area contributed by atoms with Crippen LogP contribution in [0.15, 0.2) is 78.9 Å². The van der Waals surface area contributed by atoms with Gasteiger partial charge in [-0.15, -0.1) is 0 Å². The SMILES string of the molecule is COc1ccc(C(OCCCC(=O)SCC=O)(c2ccccc2)c2ccc(OC)cc2)cc1. The van der Waals surface area contributed by atoms with Crippen molar-refractivity contribution in [3.05, 3.63) is 95.6 Å². The van der Waals surface area contributed by atoms with Crippen LogP contribution < -0.4 is 9.47 Å². The van der Waals surface area contributed by atoms with E-state index in [1.807, 2.05) is 78.9 Å². The number of benzene rings is 3. The van der Waals surface area contributed by atoms with Gasteiger partial charge in [-0.25, -0.2) is 0 Å². The number of hydrogen-bond acceptors (Lipinski definition) is 6. The first-order valence-electron chi connectivity index (χ1n) is 10.7. The highest BCUT2D eigenvalue weighted by Gasteiger charge is 2.37. The zero-order valence-electron chi connectivity index (χ0n) is 18.9. The van der Waals surface area contributed by atoms with Crippen LogP contribution in [0.3, 0.4) is 0 Å². The average molecular weight is 465 g/mol. The zero-order chi connectivity index (χ0) is 23.5. The van der Waals surface area contributed by atoms with Crippen molar-refractivity contribution in [2.45, 2.75) is 18.4 Å². The third kappa shape index (κ3) is 6.03. The van der Waals surface area contributed by atoms with Crippen molar-refractivity contribution in [2.24, 2.45) is 0 Å². The van der Waals surface area contributed by atoms with Crippen LogP contribution in [-0.4, -0.2) is 38.0 Å². The van der Waals surface area contributed by atoms with Crippen LogP contribution in [0, 0.1) is 0 Å². The fourth-order valence-electron chi connectivity index (χ4n) is 3.72. The Morgan fingerprint density at radius 2 is 1.33 bits per heavy atom. The van der Waals surface area contributed by atoms with E-state index in [2.05, 4.69) is 0 Å². The maximum atomic E-state index is 12.0. The van der Waals surface area contributed by atoms with Gasteiger partial charge in [0.1, 0.15) is 23.4 Å². The normalized spacial score (nSPS) is 11.1. The molecule has 33 heavy (non-hydrogen) atoms. The molecule has 0 amide bonds. The third-order valence-electron chi connectivity index (χ3n) is 5.33. The van der Waals surface area contributed by atoms with Crippen LogP contribution in [0.4, 0.5) is 0 Å². The van der Waals surface area contributed by atoms with Crippen LogP contribution in [0.2, 0.25) is 0 Å². The van der Waals surface area contributed by atoms with Crippen LogP contribution in [0.25, 0.3) is 0 Å². The van der Waals surface area contributed by atoms with Gasteiger partial charge in [-0.2, -0.15) is 0 Å². The highest BCUT2D eigenvalue weighted by Crippen LogP contribution is 2.41. The largest absolute Gasteiger partial charge is 0.497 e. The molecule has 172 valence electrons. The van der Waals surface area contributed by atoms with Gasteiger partial charge >= 0.3 is 0 Å². The predicted octanol–water partition coefficient (Wildman–Crippen LogP) is 5.25. The highest BCUT2D eigenvalue weighted by atomic mass is 32.2. The summed E-state index contributed by atoms with van der Waals surface area (Å²) in [6.07, 6.45) is 1.63. The molecule has 0 aromatic heterocycles. The van der Waals surface area contributed by atoms with Gasteiger partial charge in [0.25, 0.3) is 0 Å². The number of carbonyl (C=O) groups excluding carboxylic acids is 2. The summed E-state index contributed by atoms with van der Waals surface area (Å²) in [5, 5.41) is -0.00935. The lowest BCUT2D eigenvalue weighted by molar-refractivity contribution is -0.112. The van der Waals surface area contributed by atoms with Crippen LogP contribution in [-0.2, 0) is 19.9 Å². The van der Waals surface area contributed by atoms with Gasteiger partial charge in [0, 0.05) is 13.0 Å². The third-order valence-corrected chi connectivity index (χ3v) is 6.16. The Hall–Kier alpha value is -3.09. The first-order chi connectivity index (χ1) is 16.1. The average Bonchev–Trinajstić information content (AvgIpc) is 2.88. The van der Waals surface area contributed by atoms with Gasteiger partial charge in [0.2, 0.25) is 0 Å². The molecule has 3 aromatic rings. The summed E-state index contributed by atoms with van der Waals surface area (Å²) < 4.78 is 17.4. The minimum absolute atomic E-state index is 0.00935. The molecular weight excluding hydrogens is 436 g/mol. The van der Waals surface area contributed by atoms with Crippen LogP contribution >= 0.6 is 11.8 Å². The second-order valence-corrected chi connectivity index (χ2v) is 8.38. The monoisotopic (exact) mass is 464 g/mol. The van der Waals surface area contributed by atoms with Gasteiger partial charge in [-0.05, 0) is 47.4 Å². The number of rotatable bonds is 12. The highest BCUT2D eigenvalue weighted by molar-refractivity contribution is 8.14. The molecule has 0 bridgehead atoms. The number of methoxy groups -OCH3 is 2. The molecule has 0 atom stereocenters. The summed E-state index contributed by atoms with van der Waals surface area (Å²) >= 11 is 1.04. The van der Waals surface area contributed by atoms with E-state index in [0.29, 0.717) is 19.4 Å². The Morgan fingerprint density at radius 1 is 0.818 bits per heavy atom. The number of thioether (sulfide) groups is 1. The van der Waals surface area contributed by atoms with Crippen molar-refractivity contribution < 1.29 is 23.8 Å². The van der Waals surface area contributed by atoms with E-state index in [0.717, 1.165) is 46.2 Å². The summed E-state index contributed by atoms with van der Waals surface area (Å²) in [5.74, 6) is 1.70. The summed E-state index contributed by atoms with van der Waals surface area (Å²) in [5.41, 5.74) is 1.98. The quantitative estimate of drug-likeness (QED) is 0.207. The Morgan fingerprint density at radius 3 is 1.82 bits per heavy atom. The van der Waals surface area contributed by atoms with Gasteiger partial charge in [0.15, 0.2) is 5.12 Å². The number of carbonyl (C=O) groups is 2. The molecule has 0 aliphatic rings. The lowest BCUT2D eigenvalue weighted by Gasteiger charge is -2.36. The molecule has 0 N–H and O–H groups in total. The van der Waals surface area contributed by atoms with E-state index in [1.54, 1.807) is 14.2 Å². The minimum atomic E-state index is -0.890. The van der Waals surface area contributed by atoms with Crippen LogP contribution in [0.5, 0.6) is 11.5 Å². The molecule has 0 unspecified atom stereocenters. The molecule has 0 saturated carbocycles. The number of hydrogen-bond donors (Lipinski definition) is 0. The first-order valence-corrected chi connectivity index (χ1v) is 11.7. The summed E-state index contributed by atoms with van der Waals surface area (Å²) in [6.45, 7) is 0.361. The molecule has 3 aromatic carbocycles. The smallest absolute Gasteiger partial charge is 0.189 e. The minimum Gasteiger partial charge on any atom is -0.497 e. The number of aldehydes is 1. The fraction of sp³-hybridized carbons (Fsp3) is 0.259. The standard InChI is InChI=1S/C27H28O5S/c1-30-24-14-10-22(11-15-24)27(21-7-4-3-5-8-21,23-12-16-25(31-2)17-13-23)32-19-6-9-26(29)33-20-18-28/h3-5,7-8,10-18H,6,9,19-20H2,1-2H3. The van der Waals surface area contributed by atoms with E-state index >= 15 is 0 Å². The van der Waals surface area contributed by atoms with Crippen molar-refractivity contribution in [3.63, 3.8) is 0 Å². The van der Waals surface area contributed by atoms with Crippen molar-refractivity contribution in [3.8, 4) is 11.5 Å². The van der Waals surface area contributed by atoms with E-state index in [-0.39, 0.29) is 10.9 Å². The van der Waals surface area contributed by atoms with E-state index in [1.165, 1.54) is 0 Å². The molecule has 0 aliphatic heterocycles. The molecule has 0 fully saturated rings. The molecule has 5 nitrogen and oxygen atoms in total. The van der Waals surface area contributed by atoms with Gasteiger partial charge < -0.3 is 19.0 Å². The van der Waals surface area contributed by atoms with Gasteiger partial charge in [-0.1, -0.05) is 66.4 Å². The maximum absolute atomic E-state index is 12.0. The Labute approximate surface area is 199 Å². The van der Waals surface area contributed by atoms with Gasteiger partial charge in [-0.3, -0.25) is 4.79 Å². The fourth-order valence-corrected chi connectivity index (χ4v) is 4.26. The predicted molar refractivity (Wildman–Crippen MR) is 131 cm³/mol. The van der Waals surface area contributed by atoms with Crippen molar-refractivity contribution in [1.82, 2.24) is 0 Å². The van der Waals surface area contributed by atoms with Crippen molar-refractivity contribution >= 4 is 23.2 Å². The van der Waals surface area contributed by atoms with E-state index in [4.69, 9.17) is 14.2 Å².